The Morgan fingerprint density at radius 3 is 2.51 bits per heavy atom. The van der Waals surface area contributed by atoms with Crippen LogP contribution in [0.25, 0.3) is 0 Å². The summed E-state index contributed by atoms with van der Waals surface area (Å²) in [6.07, 6.45) is 3.34. The van der Waals surface area contributed by atoms with Crippen LogP contribution in [0.4, 0.5) is 0 Å². The Hall–Kier alpha value is -2.84. The summed E-state index contributed by atoms with van der Waals surface area (Å²) in [6.45, 7) is 4.86. The number of epoxide rings is 1. The van der Waals surface area contributed by atoms with Gasteiger partial charge in [0.05, 0.1) is 38.8 Å². The summed E-state index contributed by atoms with van der Waals surface area (Å²) in [5.41, 5.74) is 1.03. The van der Waals surface area contributed by atoms with E-state index in [0.717, 1.165) is 30.4 Å². The maximum Gasteiger partial charge on any atom is 0.188 e. The summed E-state index contributed by atoms with van der Waals surface area (Å²) in [5.74, 6) is 0.299. The highest BCUT2D eigenvalue weighted by Crippen LogP contribution is 2.71. The Bertz CT molecular complexity index is 1190. The zero-order valence-electron chi connectivity index (χ0n) is 20.8. The summed E-state index contributed by atoms with van der Waals surface area (Å²) >= 11 is 0. The van der Waals surface area contributed by atoms with Crippen LogP contribution in [0, 0.1) is 28.6 Å². The molecule has 0 N–H and O–H groups in total. The van der Waals surface area contributed by atoms with Gasteiger partial charge in [-0.15, -0.1) is 0 Å². The molecule has 1 spiro atoms. The van der Waals surface area contributed by atoms with Crippen molar-refractivity contribution < 1.29 is 18.9 Å². The quantitative estimate of drug-likeness (QED) is 0.325. The minimum absolute atomic E-state index is 0.0376. The van der Waals surface area contributed by atoms with Gasteiger partial charge in [0.2, 0.25) is 0 Å². The van der Waals surface area contributed by atoms with Gasteiger partial charge in [-0.1, -0.05) is 54.7 Å². The summed E-state index contributed by atoms with van der Waals surface area (Å²) < 4.78 is 23.7. The number of hydrogen-bond acceptors (Lipinski definition) is 6. The fourth-order valence-corrected chi connectivity index (χ4v) is 10.1. The average molecular weight is 489 g/mol. The molecule has 0 radical (unpaired) electrons. The van der Waals surface area contributed by atoms with E-state index in [1.165, 1.54) is 5.19 Å². The van der Waals surface area contributed by atoms with E-state index >= 15 is 0 Å². The van der Waals surface area contributed by atoms with Gasteiger partial charge in [-0.05, 0) is 42.9 Å². The molecule has 1 aliphatic heterocycles. The fraction of sp³-hybridized carbons (Fsp3) is 0.500. The number of nitriles is 2. The number of methoxy groups -OCH3 is 2. The van der Waals surface area contributed by atoms with Crippen LogP contribution >= 0.6 is 0 Å². The van der Waals surface area contributed by atoms with Crippen LogP contribution in [0.1, 0.15) is 30.4 Å². The van der Waals surface area contributed by atoms with Crippen LogP contribution in [0.15, 0.2) is 42.5 Å². The topological polar surface area (TPSA) is 87.8 Å². The second-order valence-electron chi connectivity index (χ2n) is 10.6. The third-order valence-electron chi connectivity index (χ3n) is 8.89. The molecule has 6 nitrogen and oxygen atoms in total. The second-order valence-corrected chi connectivity index (χ2v) is 15.4. The summed E-state index contributed by atoms with van der Waals surface area (Å²) in [6, 6.07) is 19.5. The van der Waals surface area contributed by atoms with Gasteiger partial charge >= 0.3 is 0 Å². The molecular formula is C28H32N2O4Si. The van der Waals surface area contributed by atoms with Gasteiger partial charge in [0.1, 0.15) is 11.5 Å². The highest BCUT2D eigenvalue weighted by atomic mass is 28.3. The van der Waals surface area contributed by atoms with Crippen molar-refractivity contribution in [3.63, 3.8) is 0 Å². The smallest absolute Gasteiger partial charge is 0.188 e. The molecule has 3 aliphatic rings. The van der Waals surface area contributed by atoms with Gasteiger partial charge < -0.3 is 18.9 Å². The predicted molar refractivity (Wildman–Crippen MR) is 134 cm³/mol. The lowest BCUT2D eigenvalue weighted by Crippen LogP contribution is -2.59. The van der Waals surface area contributed by atoms with Crippen LogP contribution in [-0.2, 0) is 21.3 Å². The Kier molecular flexibility index (Phi) is 5.92. The predicted octanol–water partition coefficient (Wildman–Crippen LogP) is 4.44. The molecule has 2 aromatic rings. The molecule has 5 rings (SSSR count). The molecule has 0 unspecified atom stereocenters. The second kappa shape index (κ2) is 8.67. The van der Waals surface area contributed by atoms with E-state index in [9.17, 15) is 10.5 Å². The molecule has 4 atom stereocenters. The van der Waals surface area contributed by atoms with Crippen molar-refractivity contribution in [2.24, 2.45) is 5.92 Å². The largest absolute Gasteiger partial charge is 0.493 e. The lowest BCUT2D eigenvalue weighted by molar-refractivity contribution is 0.0430. The monoisotopic (exact) mass is 488 g/mol. The molecule has 1 saturated heterocycles. The minimum Gasteiger partial charge on any atom is -0.493 e. The Morgan fingerprint density at radius 2 is 1.86 bits per heavy atom. The zero-order chi connectivity index (χ0) is 24.8. The highest BCUT2D eigenvalue weighted by molar-refractivity contribution is 6.91. The third-order valence-corrected chi connectivity index (χ3v) is 13.2. The average Bonchev–Trinajstić information content (AvgIpc) is 3.61. The van der Waals surface area contributed by atoms with Crippen LogP contribution in [-0.4, -0.2) is 40.8 Å². The van der Waals surface area contributed by atoms with E-state index in [0.29, 0.717) is 23.5 Å². The lowest BCUT2D eigenvalue weighted by Gasteiger charge is -2.52. The summed E-state index contributed by atoms with van der Waals surface area (Å²) in [5, 5.41) is 22.1. The molecule has 182 valence electrons. The van der Waals surface area contributed by atoms with Crippen molar-refractivity contribution in [2.45, 2.75) is 61.4 Å². The van der Waals surface area contributed by atoms with Crippen molar-refractivity contribution >= 4 is 13.3 Å². The van der Waals surface area contributed by atoms with Crippen LogP contribution < -0.4 is 14.7 Å². The SMILES string of the molecule is COCOc1c(OC)ccc2c1[C@@]1(C(C#N)C#N)C[C@@H]([Si](C)(C)c3ccccc3)C[C@@H]3O[C@@]31CC2. The van der Waals surface area contributed by atoms with Crippen LogP contribution in [0.5, 0.6) is 11.5 Å². The van der Waals surface area contributed by atoms with E-state index in [1.54, 1.807) is 14.2 Å². The first-order valence-electron chi connectivity index (χ1n) is 12.2. The Balaban J connectivity index is 1.74. The van der Waals surface area contributed by atoms with Crippen molar-refractivity contribution in [1.82, 2.24) is 0 Å². The number of nitrogens with zero attached hydrogens (tertiary/aromatic N) is 2. The Morgan fingerprint density at radius 1 is 1.11 bits per heavy atom. The van der Waals surface area contributed by atoms with Crippen LogP contribution in [0.3, 0.4) is 0 Å². The summed E-state index contributed by atoms with van der Waals surface area (Å²) in [4.78, 5) is 0. The zero-order valence-corrected chi connectivity index (χ0v) is 21.8. The van der Waals surface area contributed by atoms with E-state index in [-0.39, 0.29) is 12.9 Å². The standard InChI is InChI=1S/C28H32N2O4Si/c1-31-18-33-26-23(32-2)11-10-19-12-13-28-24(34-28)14-22(35(3,4)21-8-6-5-7-9-21)15-27(28,25(19)26)20(16-29)17-30/h5-11,20,22,24H,12-15,18H2,1-4H3/t22-,24-,27-,28-/m0/s1. The van der Waals surface area contributed by atoms with E-state index in [1.807, 2.05) is 6.07 Å². The van der Waals surface area contributed by atoms with Gasteiger partial charge in [0.15, 0.2) is 18.3 Å². The molecule has 0 bridgehead atoms. The number of fused-ring (bicyclic) bond motifs is 2. The molecule has 1 saturated carbocycles. The molecule has 7 heteroatoms. The highest BCUT2D eigenvalue weighted by Gasteiger charge is 2.77. The molecule has 2 aliphatic carbocycles. The molecule has 35 heavy (non-hydrogen) atoms. The maximum atomic E-state index is 10.4. The van der Waals surface area contributed by atoms with Gasteiger partial charge in [0, 0.05) is 12.7 Å². The molecule has 0 amide bonds. The first-order chi connectivity index (χ1) is 16.9. The fourth-order valence-electron chi connectivity index (χ4n) is 6.96. The van der Waals surface area contributed by atoms with Gasteiger partial charge in [0.25, 0.3) is 0 Å². The minimum atomic E-state index is -1.97. The third kappa shape index (κ3) is 3.33. The number of ether oxygens (including phenoxy) is 4. The van der Waals surface area contributed by atoms with Crippen molar-refractivity contribution in [3.8, 4) is 23.6 Å². The van der Waals surface area contributed by atoms with E-state index in [2.05, 4.69) is 61.6 Å². The van der Waals surface area contributed by atoms with Gasteiger partial charge in [-0.2, -0.15) is 10.5 Å². The molecule has 2 fully saturated rings. The number of benzene rings is 2. The van der Waals surface area contributed by atoms with Gasteiger partial charge in [-0.25, -0.2) is 0 Å². The normalized spacial score (nSPS) is 28.7. The van der Waals surface area contributed by atoms with Crippen molar-refractivity contribution in [2.75, 3.05) is 21.0 Å². The lowest BCUT2D eigenvalue weighted by atomic mass is 9.51. The van der Waals surface area contributed by atoms with Crippen molar-refractivity contribution in [1.29, 1.82) is 10.5 Å². The number of hydrogen-bond donors (Lipinski definition) is 0. The molecular weight excluding hydrogens is 456 g/mol. The van der Waals surface area contributed by atoms with Crippen LogP contribution in [0.2, 0.25) is 18.6 Å². The first-order valence-corrected chi connectivity index (χ1v) is 15.3. The first kappa shape index (κ1) is 23.9. The van der Waals surface area contributed by atoms with E-state index in [4.69, 9.17) is 18.9 Å². The summed E-state index contributed by atoms with van der Waals surface area (Å²) in [7, 11) is 1.22. The molecule has 0 aromatic heterocycles. The number of rotatable bonds is 7. The van der Waals surface area contributed by atoms with Crippen molar-refractivity contribution in [3.05, 3.63) is 53.6 Å². The van der Waals surface area contributed by atoms with E-state index < -0.39 is 25.0 Å². The molecule has 1 heterocycles. The number of aryl methyl sites for hydroxylation is 1. The molecule has 2 aromatic carbocycles. The maximum absolute atomic E-state index is 10.4. The Labute approximate surface area is 208 Å². The van der Waals surface area contributed by atoms with Gasteiger partial charge in [-0.3, -0.25) is 0 Å².